The van der Waals surface area contributed by atoms with Crippen LogP contribution in [0.4, 0.5) is 11.6 Å². The third kappa shape index (κ3) is 2.49. The summed E-state index contributed by atoms with van der Waals surface area (Å²) < 4.78 is 1.91. The van der Waals surface area contributed by atoms with Gasteiger partial charge in [-0.25, -0.2) is 9.97 Å². The Bertz CT molecular complexity index is 563. The molecule has 3 rings (SSSR count). The van der Waals surface area contributed by atoms with Crippen LogP contribution >= 0.6 is 0 Å². The van der Waals surface area contributed by atoms with Crippen molar-refractivity contribution >= 4 is 17.3 Å². The molecular formula is C13H20N6. The zero-order valence-corrected chi connectivity index (χ0v) is 11.2. The van der Waals surface area contributed by atoms with Crippen molar-refractivity contribution in [1.82, 2.24) is 19.3 Å². The van der Waals surface area contributed by atoms with Crippen LogP contribution in [0.1, 0.15) is 19.8 Å². The molecule has 0 aromatic carbocycles. The van der Waals surface area contributed by atoms with E-state index in [1.54, 1.807) is 12.4 Å². The molecule has 3 heterocycles. The average Bonchev–Trinajstić information content (AvgIpc) is 2.87. The second-order valence-electron chi connectivity index (χ2n) is 5.05. The van der Waals surface area contributed by atoms with Gasteiger partial charge in [-0.3, -0.25) is 0 Å². The van der Waals surface area contributed by atoms with Crippen molar-refractivity contribution in [1.29, 1.82) is 0 Å². The van der Waals surface area contributed by atoms with Crippen LogP contribution in [0.3, 0.4) is 0 Å². The SMILES string of the molecule is CCN1CCCC(Nc2nc(N)cn3ccnc23)C1. The van der Waals surface area contributed by atoms with Crippen LogP contribution in [0.25, 0.3) is 5.65 Å². The van der Waals surface area contributed by atoms with E-state index in [9.17, 15) is 0 Å². The first kappa shape index (κ1) is 12.2. The first-order valence-electron chi connectivity index (χ1n) is 6.84. The average molecular weight is 260 g/mol. The number of aromatic nitrogens is 3. The molecule has 1 atom stereocenters. The number of nitrogens with two attached hydrogens (primary N) is 1. The van der Waals surface area contributed by atoms with Crippen LogP contribution in [-0.2, 0) is 0 Å². The summed E-state index contributed by atoms with van der Waals surface area (Å²) >= 11 is 0. The molecule has 0 bridgehead atoms. The Balaban J connectivity index is 1.82. The van der Waals surface area contributed by atoms with Gasteiger partial charge in [-0.05, 0) is 25.9 Å². The van der Waals surface area contributed by atoms with Gasteiger partial charge in [-0.1, -0.05) is 6.92 Å². The van der Waals surface area contributed by atoms with Gasteiger partial charge in [0.05, 0.1) is 6.20 Å². The van der Waals surface area contributed by atoms with E-state index in [-0.39, 0.29) is 0 Å². The number of rotatable bonds is 3. The molecule has 1 unspecified atom stereocenters. The molecule has 1 aliphatic rings. The van der Waals surface area contributed by atoms with Crippen molar-refractivity contribution in [2.75, 3.05) is 30.7 Å². The van der Waals surface area contributed by atoms with Crippen LogP contribution in [0, 0.1) is 0 Å². The van der Waals surface area contributed by atoms with E-state index in [1.807, 2.05) is 10.6 Å². The Labute approximate surface area is 112 Å². The molecule has 3 N–H and O–H groups in total. The lowest BCUT2D eigenvalue weighted by atomic mass is 10.1. The van der Waals surface area contributed by atoms with Crippen LogP contribution in [0.15, 0.2) is 18.6 Å². The highest BCUT2D eigenvalue weighted by molar-refractivity contribution is 5.65. The second-order valence-corrected chi connectivity index (χ2v) is 5.05. The Hall–Kier alpha value is -1.82. The molecule has 1 saturated heterocycles. The Morgan fingerprint density at radius 1 is 1.53 bits per heavy atom. The van der Waals surface area contributed by atoms with Crippen molar-refractivity contribution < 1.29 is 0 Å². The molecule has 2 aromatic rings. The summed E-state index contributed by atoms with van der Waals surface area (Å²) in [6.07, 6.45) is 7.82. The first-order chi connectivity index (χ1) is 9.26. The predicted octanol–water partition coefficient (Wildman–Crippen LogP) is 1.21. The number of likely N-dealkylation sites (tertiary alicyclic amines) is 1. The minimum absolute atomic E-state index is 0.420. The number of hydrogen-bond acceptors (Lipinski definition) is 5. The summed E-state index contributed by atoms with van der Waals surface area (Å²) in [7, 11) is 0. The molecule has 2 aromatic heterocycles. The van der Waals surface area contributed by atoms with E-state index in [1.165, 1.54) is 19.4 Å². The van der Waals surface area contributed by atoms with Crippen molar-refractivity contribution in [2.45, 2.75) is 25.8 Å². The third-order valence-electron chi connectivity index (χ3n) is 3.69. The highest BCUT2D eigenvalue weighted by Gasteiger charge is 2.20. The van der Waals surface area contributed by atoms with Gasteiger partial charge >= 0.3 is 0 Å². The van der Waals surface area contributed by atoms with E-state index in [0.29, 0.717) is 11.9 Å². The fourth-order valence-electron chi connectivity index (χ4n) is 2.70. The number of nitrogens with one attached hydrogen (secondary N) is 1. The van der Waals surface area contributed by atoms with Gasteiger partial charge in [0.25, 0.3) is 0 Å². The maximum Gasteiger partial charge on any atom is 0.180 e. The molecule has 102 valence electrons. The third-order valence-corrected chi connectivity index (χ3v) is 3.69. The number of hydrogen-bond donors (Lipinski definition) is 2. The van der Waals surface area contributed by atoms with Gasteiger partial charge in [0.2, 0.25) is 0 Å². The minimum Gasteiger partial charge on any atom is -0.382 e. The van der Waals surface area contributed by atoms with Crippen LogP contribution in [-0.4, -0.2) is 44.9 Å². The zero-order chi connectivity index (χ0) is 13.2. The first-order valence-corrected chi connectivity index (χ1v) is 6.84. The number of imidazole rings is 1. The van der Waals surface area contributed by atoms with Gasteiger partial charge in [-0.2, -0.15) is 0 Å². The molecule has 1 fully saturated rings. The van der Waals surface area contributed by atoms with E-state index in [2.05, 4.69) is 27.1 Å². The predicted molar refractivity (Wildman–Crippen MR) is 76.2 cm³/mol. The maximum absolute atomic E-state index is 5.83. The van der Waals surface area contributed by atoms with Crippen LogP contribution in [0.2, 0.25) is 0 Å². The molecule has 1 aliphatic heterocycles. The van der Waals surface area contributed by atoms with E-state index >= 15 is 0 Å². The van der Waals surface area contributed by atoms with Crippen LogP contribution in [0.5, 0.6) is 0 Å². The number of anilines is 2. The quantitative estimate of drug-likeness (QED) is 0.868. The lowest BCUT2D eigenvalue weighted by Gasteiger charge is -2.32. The molecule has 0 aliphatic carbocycles. The lowest BCUT2D eigenvalue weighted by Crippen LogP contribution is -2.42. The van der Waals surface area contributed by atoms with Crippen molar-refractivity contribution in [2.24, 2.45) is 0 Å². The normalized spacial score (nSPS) is 20.8. The summed E-state index contributed by atoms with van der Waals surface area (Å²) in [5.74, 6) is 1.30. The molecule has 0 spiro atoms. The lowest BCUT2D eigenvalue weighted by molar-refractivity contribution is 0.226. The monoisotopic (exact) mass is 260 g/mol. The van der Waals surface area contributed by atoms with Gasteiger partial charge < -0.3 is 20.4 Å². The molecule has 0 saturated carbocycles. The van der Waals surface area contributed by atoms with Crippen LogP contribution < -0.4 is 11.1 Å². The molecule has 6 heteroatoms. The summed E-state index contributed by atoms with van der Waals surface area (Å²) in [4.78, 5) is 11.2. The van der Waals surface area contributed by atoms with E-state index in [0.717, 1.165) is 24.6 Å². The number of likely N-dealkylation sites (N-methyl/N-ethyl adjacent to an activating group) is 1. The molecule has 19 heavy (non-hydrogen) atoms. The zero-order valence-electron chi connectivity index (χ0n) is 11.2. The van der Waals surface area contributed by atoms with Gasteiger partial charge in [0, 0.05) is 25.0 Å². The van der Waals surface area contributed by atoms with E-state index in [4.69, 9.17) is 5.73 Å². The molecule has 6 nitrogen and oxygen atoms in total. The molecule has 0 amide bonds. The van der Waals surface area contributed by atoms with Crippen molar-refractivity contribution in [3.63, 3.8) is 0 Å². The summed E-state index contributed by atoms with van der Waals surface area (Å²) in [5.41, 5.74) is 6.67. The Morgan fingerprint density at radius 3 is 3.26 bits per heavy atom. The largest absolute Gasteiger partial charge is 0.382 e. The highest BCUT2D eigenvalue weighted by Crippen LogP contribution is 2.19. The minimum atomic E-state index is 0.420. The van der Waals surface area contributed by atoms with Gasteiger partial charge in [-0.15, -0.1) is 0 Å². The molecule has 0 radical (unpaired) electrons. The summed E-state index contributed by atoms with van der Waals surface area (Å²) in [6, 6.07) is 0.420. The number of fused-ring (bicyclic) bond motifs is 1. The molecular weight excluding hydrogens is 240 g/mol. The number of nitrogens with zero attached hydrogens (tertiary/aromatic N) is 4. The highest BCUT2D eigenvalue weighted by atomic mass is 15.2. The van der Waals surface area contributed by atoms with Crippen molar-refractivity contribution in [3.05, 3.63) is 18.6 Å². The Morgan fingerprint density at radius 2 is 2.42 bits per heavy atom. The topological polar surface area (TPSA) is 71.5 Å². The van der Waals surface area contributed by atoms with E-state index < -0.39 is 0 Å². The fraction of sp³-hybridized carbons (Fsp3) is 0.538. The Kier molecular flexibility index (Phi) is 3.25. The number of piperidine rings is 1. The second kappa shape index (κ2) is 5.05. The van der Waals surface area contributed by atoms with Gasteiger partial charge in [0.1, 0.15) is 5.82 Å². The maximum atomic E-state index is 5.83. The van der Waals surface area contributed by atoms with Crippen molar-refractivity contribution in [3.8, 4) is 0 Å². The standard InChI is InChI=1S/C13H20N6/c1-2-18-6-3-4-10(8-18)16-12-13-15-5-7-19(13)9-11(14)17-12/h5,7,9-10H,2-4,6,8,14H2,1H3,(H,16,17). The number of nitrogen functional groups attached to an aromatic ring is 1. The smallest absolute Gasteiger partial charge is 0.180 e. The summed E-state index contributed by atoms with van der Waals surface area (Å²) in [6.45, 7) is 5.55. The fourth-order valence-corrected chi connectivity index (χ4v) is 2.70. The van der Waals surface area contributed by atoms with Gasteiger partial charge in [0.15, 0.2) is 11.5 Å². The summed E-state index contributed by atoms with van der Waals surface area (Å²) in [5, 5.41) is 3.50.